The van der Waals surface area contributed by atoms with Crippen molar-refractivity contribution in [1.82, 2.24) is 0 Å². The first-order chi connectivity index (χ1) is 9.70. The molecular weight excluding hydrogens is 298 g/mol. The fourth-order valence-electron chi connectivity index (χ4n) is 1.86. The Hall–Kier alpha value is -2.15. The van der Waals surface area contributed by atoms with Gasteiger partial charge >= 0.3 is 0 Å². The number of hydrogen-bond acceptors (Lipinski definition) is 3. The van der Waals surface area contributed by atoms with Gasteiger partial charge in [0.15, 0.2) is 0 Å². The summed E-state index contributed by atoms with van der Waals surface area (Å²) in [6, 6.07) is 6.32. The third-order valence-electron chi connectivity index (χ3n) is 2.90. The van der Waals surface area contributed by atoms with Crippen LogP contribution in [0.15, 0.2) is 35.2 Å². The monoisotopic (exact) mass is 312 g/mol. The molecular formula is C14H14F2N2O2S. The minimum atomic E-state index is -4.27. The van der Waals surface area contributed by atoms with Gasteiger partial charge in [-0.25, -0.2) is 17.2 Å². The van der Waals surface area contributed by atoms with Crippen LogP contribution in [0.2, 0.25) is 0 Å². The van der Waals surface area contributed by atoms with Gasteiger partial charge in [0.05, 0.1) is 5.69 Å². The van der Waals surface area contributed by atoms with Crippen molar-refractivity contribution in [3.05, 3.63) is 53.1 Å². The Morgan fingerprint density at radius 3 is 2.38 bits per heavy atom. The van der Waals surface area contributed by atoms with Crippen LogP contribution in [-0.2, 0) is 10.0 Å². The SMILES string of the molecule is Cc1ccc(NS(=O)(=O)c2cc(N)cc(C)c2F)c(F)c1. The minimum Gasteiger partial charge on any atom is -0.399 e. The van der Waals surface area contributed by atoms with E-state index in [4.69, 9.17) is 5.73 Å². The first-order valence-electron chi connectivity index (χ1n) is 6.05. The molecule has 0 heterocycles. The molecule has 4 nitrogen and oxygen atoms in total. The van der Waals surface area contributed by atoms with Crippen LogP contribution in [-0.4, -0.2) is 8.42 Å². The van der Waals surface area contributed by atoms with E-state index >= 15 is 0 Å². The molecule has 0 amide bonds. The maximum Gasteiger partial charge on any atom is 0.264 e. The van der Waals surface area contributed by atoms with Gasteiger partial charge in [-0.05, 0) is 49.2 Å². The summed E-state index contributed by atoms with van der Waals surface area (Å²) in [6.07, 6.45) is 0. The minimum absolute atomic E-state index is 0.0970. The zero-order valence-electron chi connectivity index (χ0n) is 11.4. The van der Waals surface area contributed by atoms with E-state index in [0.717, 1.165) is 6.07 Å². The summed E-state index contributed by atoms with van der Waals surface area (Å²) in [5.41, 5.74) is 6.13. The maximum atomic E-state index is 14.0. The van der Waals surface area contributed by atoms with Gasteiger partial charge in [-0.3, -0.25) is 4.72 Å². The number of aryl methyl sites for hydroxylation is 2. The molecule has 2 aromatic carbocycles. The average Bonchev–Trinajstić information content (AvgIpc) is 2.37. The van der Waals surface area contributed by atoms with Crippen LogP contribution in [0.1, 0.15) is 11.1 Å². The number of nitrogens with two attached hydrogens (primary N) is 1. The largest absolute Gasteiger partial charge is 0.399 e. The van der Waals surface area contributed by atoms with Gasteiger partial charge < -0.3 is 5.73 Å². The van der Waals surface area contributed by atoms with Crippen molar-refractivity contribution >= 4 is 21.4 Å². The van der Waals surface area contributed by atoms with E-state index in [-0.39, 0.29) is 16.9 Å². The fraction of sp³-hybridized carbons (Fsp3) is 0.143. The summed E-state index contributed by atoms with van der Waals surface area (Å²) in [5, 5.41) is 0. The molecule has 0 atom stereocenters. The number of rotatable bonds is 3. The first-order valence-corrected chi connectivity index (χ1v) is 7.53. The van der Waals surface area contributed by atoms with Gasteiger partial charge in [-0.15, -0.1) is 0 Å². The molecule has 2 aromatic rings. The molecule has 0 aliphatic heterocycles. The van der Waals surface area contributed by atoms with E-state index in [1.807, 2.05) is 4.72 Å². The van der Waals surface area contributed by atoms with Crippen LogP contribution in [0, 0.1) is 25.5 Å². The number of nitrogen functional groups attached to an aromatic ring is 1. The summed E-state index contributed by atoms with van der Waals surface area (Å²) in [6.45, 7) is 3.07. The van der Waals surface area contributed by atoms with Crippen LogP contribution in [0.5, 0.6) is 0 Å². The van der Waals surface area contributed by atoms with Gasteiger partial charge in [0.1, 0.15) is 16.5 Å². The molecule has 112 valence electrons. The first kappa shape index (κ1) is 15.2. The number of hydrogen-bond donors (Lipinski definition) is 2. The Morgan fingerprint density at radius 1 is 1.10 bits per heavy atom. The van der Waals surface area contributed by atoms with E-state index in [0.29, 0.717) is 5.56 Å². The van der Waals surface area contributed by atoms with Crippen LogP contribution in [0.4, 0.5) is 20.2 Å². The Kier molecular flexibility index (Phi) is 3.87. The molecule has 2 rings (SSSR count). The molecule has 0 saturated heterocycles. The van der Waals surface area contributed by atoms with E-state index in [2.05, 4.69) is 0 Å². The van der Waals surface area contributed by atoms with Gasteiger partial charge in [0.25, 0.3) is 10.0 Å². The highest BCUT2D eigenvalue weighted by Crippen LogP contribution is 2.25. The zero-order chi connectivity index (χ0) is 15.8. The van der Waals surface area contributed by atoms with Crippen LogP contribution in [0.25, 0.3) is 0 Å². The number of nitrogens with one attached hydrogen (secondary N) is 1. The van der Waals surface area contributed by atoms with E-state index in [1.54, 1.807) is 13.0 Å². The van der Waals surface area contributed by atoms with Crippen LogP contribution in [0.3, 0.4) is 0 Å². The second kappa shape index (κ2) is 5.33. The predicted octanol–water partition coefficient (Wildman–Crippen LogP) is 2.96. The molecule has 0 fully saturated rings. The fourth-order valence-corrected chi connectivity index (χ4v) is 3.12. The van der Waals surface area contributed by atoms with Crippen molar-refractivity contribution in [3.8, 4) is 0 Å². The van der Waals surface area contributed by atoms with Crippen molar-refractivity contribution in [3.63, 3.8) is 0 Å². The van der Waals surface area contributed by atoms with E-state index in [9.17, 15) is 17.2 Å². The van der Waals surface area contributed by atoms with Crippen molar-refractivity contribution in [1.29, 1.82) is 0 Å². The van der Waals surface area contributed by atoms with E-state index < -0.39 is 26.6 Å². The third-order valence-corrected chi connectivity index (χ3v) is 4.27. The molecule has 0 unspecified atom stereocenters. The van der Waals surface area contributed by atoms with Gasteiger partial charge in [0.2, 0.25) is 0 Å². The summed E-state index contributed by atoms with van der Waals surface area (Å²) >= 11 is 0. The summed E-state index contributed by atoms with van der Waals surface area (Å²) in [4.78, 5) is -0.611. The highest BCUT2D eigenvalue weighted by Gasteiger charge is 2.22. The standard InChI is InChI=1S/C14H14F2N2O2S/c1-8-3-4-12(11(15)5-8)18-21(19,20)13-7-10(17)6-9(2)14(13)16/h3-7,18H,17H2,1-2H3. The molecule has 0 bridgehead atoms. The molecule has 21 heavy (non-hydrogen) atoms. The average molecular weight is 312 g/mol. The molecule has 7 heteroatoms. The van der Waals surface area contributed by atoms with Crippen molar-refractivity contribution in [2.45, 2.75) is 18.7 Å². The third kappa shape index (κ3) is 3.13. The molecule has 0 saturated carbocycles. The number of sulfonamides is 1. The van der Waals surface area contributed by atoms with Gasteiger partial charge in [-0.2, -0.15) is 0 Å². The maximum absolute atomic E-state index is 14.0. The Bertz CT molecular complexity index is 805. The topological polar surface area (TPSA) is 72.2 Å². The van der Waals surface area contributed by atoms with E-state index in [1.165, 1.54) is 25.1 Å². The predicted molar refractivity (Wildman–Crippen MR) is 77.5 cm³/mol. The summed E-state index contributed by atoms with van der Waals surface area (Å²) < 4.78 is 54.1. The molecule has 3 N–H and O–H groups in total. The lowest BCUT2D eigenvalue weighted by molar-refractivity contribution is 0.564. The number of halogens is 2. The molecule has 0 aliphatic carbocycles. The van der Waals surface area contributed by atoms with Gasteiger partial charge in [-0.1, -0.05) is 6.07 Å². The lowest BCUT2D eigenvalue weighted by Crippen LogP contribution is -2.16. The highest BCUT2D eigenvalue weighted by atomic mass is 32.2. The number of anilines is 2. The second-order valence-electron chi connectivity index (χ2n) is 4.74. The van der Waals surface area contributed by atoms with Crippen molar-refractivity contribution in [2.24, 2.45) is 0 Å². The lowest BCUT2D eigenvalue weighted by atomic mass is 10.2. The highest BCUT2D eigenvalue weighted by molar-refractivity contribution is 7.92. The Morgan fingerprint density at radius 2 is 1.76 bits per heavy atom. The summed E-state index contributed by atoms with van der Waals surface area (Å²) in [7, 11) is -4.27. The molecule has 0 radical (unpaired) electrons. The molecule has 0 aromatic heterocycles. The zero-order valence-corrected chi connectivity index (χ0v) is 12.3. The van der Waals surface area contributed by atoms with Gasteiger partial charge in [0, 0.05) is 5.69 Å². The molecule has 0 spiro atoms. The molecule has 0 aliphatic rings. The quantitative estimate of drug-likeness (QED) is 0.856. The van der Waals surface area contributed by atoms with Crippen molar-refractivity contribution in [2.75, 3.05) is 10.5 Å². The normalized spacial score (nSPS) is 11.4. The lowest BCUT2D eigenvalue weighted by Gasteiger charge is -2.12. The number of benzene rings is 2. The smallest absolute Gasteiger partial charge is 0.264 e. The summed E-state index contributed by atoms with van der Waals surface area (Å²) in [5.74, 6) is -1.65. The van der Waals surface area contributed by atoms with Crippen LogP contribution >= 0.6 is 0 Å². The Labute approximate surface area is 121 Å². The van der Waals surface area contributed by atoms with Crippen molar-refractivity contribution < 1.29 is 17.2 Å². The second-order valence-corrected chi connectivity index (χ2v) is 6.39. The van der Waals surface area contributed by atoms with Crippen LogP contribution < -0.4 is 10.5 Å². The Balaban J connectivity index is 2.48.